The van der Waals surface area contributed by atoms with Crippen molar-refractivity contribution in [1.82, 2.24) is 4.98 Å². The van der Waals surface area contributed by atoms with E-state index in [-0.39, 0.29) is 12.5 Å². The first-order valence-corrected chi connectivity index (χ1v) is 7.16. The van der Waals surface area contributed by atoms with E-state index in [4.69, 9.17) is 10.2 Å². The first-order valence-electron chi connectivity index (χ1n) is 7.16. The van der Waals surface area contributed by atoms with Crippen LogP contribution in [0.2, 0.25) is 0 Å². The molecule has 2 rings (SSSR count). The minimum Gasteiger partial charge on any atom is -0.469 e. The molecular weight excluding hydrogens is 282 g/mol. The van der Waals surface area contributed by atoms with Crippen LogP contribution in [0.5, 0.6) is 0 Å². The van der Waals surface area contributed by atoms with Gasteiger partial charge in [0.25, 0.3) is 5.91 Å². The van der Waals surface area contributed by atoms with Gasteiger partial charge >= 0.3 is 0 Å². The van der Waals surface area contributed by atoms with Crippen LogP contribution in [0.15, 0.2) is 28.9 Å². The number of nitrogens with two attached hydrogens (primary N) is 1. The molecule has 0 saturated carbocycles. The van der Waals surface area contributed by atoms with Crippen LogP contribution in [0.3, 0.4) is 0 Å². The highest BCUT2D eigenvalue weighted by molar-refractivity contribution is 5.97. The molecule has 2 heterocycles. The first kappa shape index (κ1) is 16.0. The molecule has 0 aliphatic heterocycles. The summed E-state index contributed by atoms with van der Waals surface area (Å²) in [6, 6.07) is 5.41. The minimum atomic E-state index is -0.523. The molecule has 0 spiro atoms. The molecule has 2 aromatic rings. The number of carbonyl (C=O) groups excluding carboxylic acids is 1. The topological polar surface area (TPSA) is 101 Å². The molecule has 1 atom stereocenters. The predicted molar refractivity (Wildman–Crippen MR) is 83.7 cm³/mol. The van der Waals surface area contributed by atoms with Gasteiger partial charge in [-0.25, -0.2) is 4.98 Å². The first-order chi connectivity index (χ1) is 10.5. The zero-order chi connectivity index (χ0) is 16.1. The van der Waals surface area contributed by atoms with Crippen molar-refractivity contribution in [2.24, 2.45) is 11.7 Å². The average Bonchev–Trinajstić information content (AvgIpc) is 2.99. The number of hydrogen-bond acceptors (Lipinski definition) is 5. The van der Waals surface area contributed by atoms with Gasteiger partial charge in [-0.3, -0.25) is 4.79 Å². The molecule has 0 saturated heterocycles. The van der Waals surface area contributed by atoms with Gasteiger partial charge in [0.2, 0.25) is 0 Å². The van der Waals surface area contributed by atoms with E-state index >= 15 is 0 Å². The average molecular weight is 303 g/mol. The van der Waals surface area contributed by atoms with Crippen LogP contribution in [0, 0.1) is 19.8 Å². The van der Waals surface area contributed by atoms with Crippen molar-refractivity contribution >= 4 is 11.7 Å². The molecule has 1 unspecified atom stereocenters. The molecule has 22 heavy (non-hydrogen) atoms. The van der Waals surface area contributed by atoms with Gasteiger partial charge in [-0.1, -0.05) is 0 Å². The lowest BCUT2D eigenvalue weighted by Gasteiger charge is -2.16. The van der Waals surface area contributed by atoms with Crippen LogP contribution < -0.4 is 11.1 Å². The fourth-order valence-corrected chi connectivity index (χ4v) is 2.18. The zero-order valence-corrected chi connectivity index (χ0v) is 12.8. The predicted octanol–water partition coefficient (Wildman–Crippen LogP) is 1.65. The van der Waals surface area contributed by atoms with Crippen LogP contribution in [0.4, 0.5) is 5.82 Å². The Balaban J connectivity index is 2.09. The van der Waals surface area contributed by atoms with E-state index in [2.05, 4.69) is 10.3 Å². The van der Waals surface area contributed by atoms with Crippen LogP contribution in [-0.2, 0) is 6.42 Å². The molecular formula is C16H21N3O3. The van der Waals surface area contributed by atoms with Crippen molar-refractivity contribution in [2.45, 2.75) is 20.3 Å². The second-order valence-electron chi connectivity index (χ2n) is 5.36. The van der Waals surface area contributed by atoms with E-state index in [0.29, 0.717) is 24.3 Å². The third-order valence-corrected chi connectivity index (χ3v) is 3.62. The number of carbonyl (C=O) groups is 1. The highest BCUT2D eigenvalue weighted by atomic mass is 16.3. The van der Waals surface area contributed by atoms with Gasteiger partial charge in [-0.15, -0.1) is 0 Å². The summed E-state index contributed by atoms with van der Waals surface area (Å²) in [5.74, 6) is 0.692. The number of pyridine rings is 1. The standard InChI is InChI=1S/C16H21N3O3/c1-10-6-14(15(17)21)16(19-11(10)2)18-8-12(9-20)7-13-4-3-5-22-13/h3-6,12,20H,7-9H2,1-2H3,(H2,17,21)(H,18,19). The molecule has 0 bridgehead atoms. The zero-order valence-electron chi connectivity index (χ0n) is 12.8. The molecule has 6 heteroatoms. The smallest absolute Gasteiger partial charge is 0.252 e. The summed E-state index contributed by atoms with van der Waals surface area (Å²) in [7, 11) is 0. The molecule has 0 aliphatic rings. The number of furan rings is 1. The molecule has 2 aromatic heterocycles. The van der Waals surface area contributed by atoms with Crippen molar-refractivity contribution in [2.75, 3.05) is 18.5 Å². The molecule has 0 fully saturated rings. The van der Waals surface area contributed by atoms with Crippen molar-refractivity contribution in [3.8, 4) is 0 Å². The third-order valence-electron chi connectivity index (χ3n) is 3.62. The Morgan fingerprint density at radius 2 is 2.27 bits per heavy atom. The quantitative estimate of drug-likeness (QED) is 0.722. The van der Waals surface area contributed by atoms with Gasteiger partial charge in [0, 0.05) is 31.2 Å². The molecule has 1 amide bonds. The van der Waals surface area contributed by atoms with Gasteiger partial charge in [-0.2, -0.15) is 0 Å². The van der Waals surface area contributed by atoms with Gasteiger partial charge < -0.3 is 20.6 Å². The maximum Gasteiger partial charge on any atom is 0.252 e. The Morgan fingerprint density at radius 3 is 2.86 bits per heavy atom. The normalized spacial score (nSPS) is 12.1. The van der Waals surface area contributed by atoms with E-state index in [1.54, 1.807) is 12.3 Å². The van der Waals surface area contributed by atoms with Gasteiger partial charge in [0.15, 0.2) is 0 Å². The Labute approximate surface area is 129 Å². The number of aliphatic hydroxyl groups is 1. The van der Waals surface area contributed by atoms with Gasteiger partial charge in [-0.05, 0) is 37.6 Å². The lowest BCUT2D eigenvalue weighted by Crippen LogP contribution is -2.23. The van der Waals surface area contributed by atoms with Crippen LogP contribution in [-0.4, -0.2) is 29.1 Å². The second-order valence-corrected chi connectivity index (χ2v) is 5.36. The summed E-state index contributed by atoms with van der Waals surface area (Å²) in [6.07, 6.45) is 2.21. The summed E-state index contributed by atoms with van der Waals surface area (Å²) in [6.45, 7) is 4.22. The highest BCUT2D eigenvalue weighted by Gasteiger charge is 2.15. The van der Waals surface area contributed by atoms with Crippen molar-refractivity contribution in [3.63, 3.8) is 0 Å². The fraction of sp³-hybridized carbons (Fsp3) is 0.375. The van der Waals surface area contributed by atoms with E-state index in [1.165, 1.54) is 0 Å². The van der Waals surface area contributed by atoms with E-state index in [1.807, 2.05) is 26.0 Å². The van der Waals surface area contributed by atoms with Gasteiger partial charge in [0.05, 0.1) is 11.8 Å². The molecule has 4 N–H and O–H groups in total. The van der Waals surface area contributed by atoms with Gasteiger partial charge in [0.1, 0.15) is 11.6 Å². The highest BCUT2D eigenvalue weighted by Crippen LogP contribution is 2.18. The summed E-state index contributed by atoms with van der Waals surface area (Å²) >= 11 is 0. The molecule has 0 radical (unpaired) electrons. The number of anilines is 1. The monoisotopic (exact) mass is 303 g/mol. The Hall–Kier alpha value is -2.34. The second kappa shape index (κ2) is 7.09. The number of aryl methyl sites for hydroxylation is 2. The number of primary amides is 1. The van der Waals surface area contributed by atoms with E-state index in [0.717, 1.165) is 17.0 Å². The molecule has 118 valence electrons. The van der Waals surface area contributed by atoms with Crippen LogP contribution >= 0.6 is 0 Å². The summed E-state index contributed by atoms with van der Waals surface area (Å²) in [5.41, 5.74) is 7.50. The lowest BCUT2D eigenvalue weighted by molar-refractivity contribution is 0.100. The Kier molecular flexibility index (Phi) is 5.16. The summed E-state index contributed by atoms with van der Waals surface area (Å²) in [5, 5.41) is 12.6. The van der Waals surface area contributed by atoms with Crippen molar-refractivity contribution in [1.29, 1.82) is 0 Å². The number of rotatable bonds is 7. The number of aromatic nitrogens is 1. The SMILES string of the molecule is Cc1cc(C(N)=O)c(NCC(CO)Cc2ccco2)nc1C. The number of nitrogens with zero attached hydrogens (tertiary/aromatic N) is 1. The number of aliphatic hydroxyl groups excluding tert-OH is 1. The lowest BCUT2D eigenvalue weighted by atomic mass is 10.0. The van der Waals surface area contributed by atoms with Crippen molar-refractivity contribution in [3.05, 3.63) is 47.0 Å². The van der Waals surface area contributed by atoms with Crippen molar-refractivity contribution < 1.29 is 14.3 Å². The largest absolute Gasteiger partial charge is 0.469 e. The van der Waals surface area contributed by atoms with E-state index in [9.17, 15) is 9.90 Å². The van der Waals surface area contributed by atoms with E-state index < -0.39 is 5.91 Å². The Bertz CT molecular complexity index is 638. The maximum atomic E-state index is 11.5. The maximum absolute atomic E-state index is 11.5. The number of amides is 1. The minimum absolute atomic E-state index is 0.00441. The summed E-state index contributed by atoms with van der Waals surface area (Å²) < 4.78 is 5.29. The number of hydrogen-bond donors (Lipinski definition) is 3. The van der Waals surface area contributed by atoms with Crippen LogP contribution in [0.1, 0.15) is 27.4 Å². The fourth-order valence-electron chi connectivity index (χ4n) is 2.18. The number of nitrogens with one attached hydrogen (secondary N) is 1. The molecule has 0 aromatic carbocycles. The Morgan fingerprint density at radius 1 is 1.50 bits per heavy atom. The summed E-state index contributed by atoms with van der Waals surface area (Å²) in [4.78, 5) is 15.9. The molecule has 0 aliphatic carbocycles. The third kappa shape index (κ3) is 3.85. The molecule has 6 nitrogen and oxygen atoms in total. The van der Waals surface area contributed by atoms with Crippen LogP contribution in [0.25, 0.3) is 0 Å².